The van der Waals surface area contributed by atoms with Crippen LogP contribution in [0.4, 0.5) is 0 Å². The molecule has 0 spiro atoms. The van der Waals surface area contributed by atoms with Crippen LogP contribution in [0.2, 0.25) is 0 Å². The summed E-state index contributed by atoms with van der Waals surface area (Å²) < 4.78 is 17.4. The summed E-state index contributed by atoms with van der Waals surface area (Å²) in [6.07, 6.45) is 3.38. The van der Waals surface area contributed by atoms with Crippen molar-refractivity contribution in [2.75, 3.05) is 20.3 Å². The minimum atomic E-state index is -0.458. The zero-order chi connectivity index (χ0) is 25.7. The van der Waals surface area contributed by atoms with Gasteiger partial charge in [0.1, 0.15) is 24.0 Å². The highest BCUT2D eigenvalue weighted by Crippen LogP contribution is 2.32. The van der Waals surface area contributed by atoms with Crippen LogP contribution in [0.1, 0.15) is 50.7 Å². The van der Waals surface area contributed by atoms with E-state index in [0.717, 1.165) is 23.6 Å². The maximum absolute atomic E-state index is 12.6. The molecule has 2 aliphatic heterocycles. The Hall–Kier alpha value is -3.59. The maximum atomic E-state index is 12.6. The molecule has 0 saturated heterocycles. The van der Waals surface area contributed by atoms with E-state index in [1.165, 1.54) is 22.3 Å². The summed E-state index contributed by atoms with van der Waals surface area (Å²) in [6, 6.07) is 13.4. The Kier molecular flexibility index (Phi) is 8.10. The zero-order valence-electron chi connectivity index (χ0n) is 20.9. The number of hydrogen-bond donors (Lipinski definition) is 1. The van der Waals surface area contributed by atoms with Crippen molar-refractivity contribution in [2.24, 2.45) is 10.1 Å². The number of carbonyl (C=O) groups excluding carboxylic acids is 1. The van der Waals surface area contributed by atoms with E-state index >= 15 is 0 Å². The van der Waals surface area contributed by atoms with Crippen molar-refractivity contribution in [3.8, 4) is 17.2 Å². The first-order valence-electron chi connectivity index (χ1n) is 12.0. The minimum Gasteiger partial charge on any atom is -0.493 e. The molecule has 2 aromatic rings. The molecule has 0 fully saturated rings. The fourth-order valence-electron chi connectivity index (χ4n) is 3.78. The fourth-order valence-corrected chi connectivity index (χ4v) is 4.60. The Bertz CT molecular complexity index is 1250. The number of ether oxygens (including phenoxy) is 3. The number of amides is 1. The molecule has 9 heteroatoms. The molecule has 36 heavy (non-hydrogen) atoms. The summed E-state index contributed by atoms with van der Waals surface area (Å²) in [6.45, 7) is 7.06. The van der Waals surface area contributed by atoms with Crippen LogP contribution in [0.3, 0.4) is 0 Å². The van der Waals surface area contributed by atoms with E-state index in [-0.39, 0.29) is 11.4 Å². The number of amidine groups is 2. The van der Waals surface area contributed by atoms with Crippen LogP contribution in [0.15, 0.2) is 58.1 Å². The lowest BCUT2D eigenvalue weighted by molar-refractivity contribution is -0.114. The normalized spacial score (nSPS) is 17.0. The van der Waals surface area contributed by atoms with E-state index < -0.39 is 5.91 Å². The zero-order valence-corrected chi connectivity index (χ0v) is 21.7. The average Bonchev–Trinajstić information content (AvgIpc) is 3.32. The van der Waals surface area contributed by atoms with Crippen LogP contribution < -0.4 is 14.2 Å². The lowest BCUT2D eigenvalue weighted by Crippen LogP contribution is -2.35. The predicted molar refractivity (Wildman–Crippen MR) is 144 cm³/mol. The van der Waals surface area contributed by atoms with Gasteiger partial charge in [0.05, 0.1) is 12.7 Å². The van der Waals surface area contributed by atoms with Gasteiger partial charge in [-0.3, -0.25) is 10.2 Å². The van der Waals surface area contributed by atoms with Crippen molar-refractivity contribution in [3.63, 3.8) is 0 Å². The van der Waals surface area contributed by atoms with Gasteiger partial charge < -0.3 is 14.2 Å². The Labute approximate surface area is 215 Å². The number of fused-ring (bicyclic) bond motifs is 1. The lowest BCUT2D eigenvalue weighted by Gasteiger charge is -2.20. The molecule has 4 rings (SSSR count). The van der Waals surface area contributed by atoms with Crippen LogP contribution in [0.5, 0.6) is 17.2 Å². The molecular formula is C27H30N4O4S. The maximum Gasteiger partial charge on any atom is 0.283 e. The number of nitrogens with zero attached hydrogens (tertiary/aromatic N) is 3. The van der Waals surface area contributed by atoms with Gasteiger partial charge in [0.15, 0.2) is 17.3 Å². The van der Waals surface area contributed by atoms with Crippen LogP contribution in [-0.2, 0) is 4.79 Å². The molecule has 1 amide bonds. The first-order chi connectivity index (χ1) is 17.4. The first-order valence-corrected chi connectivity index (χ1v) is 12.8. The van der Waals surface area contributed by atoms with Crippen molar-refractivity contribution in [2.45, 2.75) is 39.5 Å². The van der Waals surface area contributed by atoms with Crippen LogP contribution in [0.25, 0.3) is 6.08 Å². The summed E-state index contributed by atoms with van der Waals surface area (Å²) in [7, 11) is 1.56. The Morgan fingerprint density at radius 2 is 1.83 bits per heavy atom. The van der Waals surface area contributed by atoms with Crippen molar-refractivity contribution < 1.29 is 19.0 Å². The topological polar surface area (TPSA) is 96.6 Å². The summed E-state index contributed by atoms with van der Waals surface area (Å²) >= 11 is 1.32. The second-order valence-corrected chi connectivity index (χ2v) is 9.36. The summed E-state index contributed by atoms with van der Waals surface area (Å²) in [4.78, 5) is 16.7. The monoisotopic (exact) mass is 506 g/mol. The Balaban J connectivity index is 1.43. The Morgan fingerprint density at radius 1 is 1.08 bits per heavy atom. The van der Waals surface area contributed by atoms with Crippen molar-refractivity contribution in [3.05, 3.63) is 59.2 Å². The van der Waals surface area contributed by atoms with Crippen molar-refractivity contribution in [1.29, 1.82) is 5.41 Å². The highest BCUT2D eigenvalue weighted by Gasteiger charge is 2.35. The second kappa shape index (κ2) is 11.4. The lowest BCUT2D eigenvalue weighted by atomic mass is 9.98. The van der Waals surface area contributed by atoms with Gasteiger partial charge in [-0.2, -0.15) is 15.1 Å². The van der Waals surface area contributed by atoms with Gasteiger partial charge in [0.2, 0.25) is 5.17 Å². The molecule has 0 unspecified atom stereocenters. The van der Waals surface area contributed by atoms with Gasteiger partial charge >= 0.3 is 0 Å². The van der Waals surface area contributed by atoms with E-state index in [1.54, 1.807) is 25.3 Å². The van der Waals surface area contributed by atoms with Gasteiger partial charge in [0.25, 0.3) is 5.91 Å². The average molecular weight is 507 g/mol. The SMILES string of the molecule is CCC1=NN2C(=N)/C(=C/c3ccc(OCCOc4ccccc4[C@@H](C)CC)c(OC)c3)C(=O)N=C2S1. The number of methoxy groups -OCH3 is 1. The van der Waals surface area contributed by atoms with E-state index in [0.29, 0.717) is 41.4 Å². The van der Waals surface area contributed by atoms with E-state index in [4.69, 9.17) is 19.6 Å². The molecule has 1 N–H and O–H groups in total. The van der Waals surface area contributed by atoms with Gasteiger partial charge in [-0.05, 0) is 65.9 Å². The van der Waals surface area contributed by atoms with Crippen molar-refractivity contribution >= 4 is 39.8 Å². The van der Waals surface area contributed by atoms with E-state index in [2.05, 4.69) is 30.0 Å². The molecule has 0 bridgehead atoms. The molecule has 0 saturated carbocycles. The standard InChI is InChI=1S/C27H30N4O4S/c1-5-17(3)19-9-7-8-10-21(19)34-13-14-35-22-12-11-18(16-23(22)33-4)15-20-25(28)31-27(29-26(20)32)36-24(6-2)30-31/h7-12,15-17,28H,5-6,13-14H2,1-4H3/b20-15-,28-25?/t17-/m0/s1. The molecule has 188 valence electrons. The van der Waals surface area contributed by atoms with Gasteiger partial charge in [-0.1, -0.05) is 45.0 Å². The highest BCUT2D eigenvalue weighted by molar-refractivity contribution is 8.26. The Morgan fingerprint density at radius 3 is 2.56 bits per heavy atom. The number of hydrogen-bond acceptors (Lipinski definition) is 7. The number of thioether (sulfide) groups is 1. The van der Waals surface area contributed by atoms with Crippen LogP contribution in [0, 0.1) is 5.41 Å². The van der Waals surface area contributed by atoms with Gasteiger partial charge in [-0.25, -0.2) is 0 Å². The third-order valence-corrected chi connectivity index (χ3v) is 7.01. The number of benzene rings is 2. The summed E-state index contributed by atoms with van der Waals surface area (Å²) in [5.41, 5.74) is 2.05. The molecule has 0 aromatic heterocycles. The highest BCUT2D eigenvalue weighted by atomic mass is 32.2. The number of aliphatic imine (C=N–C) groups is 1. The minimum absolute atomic E-state index is 0.00932. The van der Waals surface area contributed by atoms with E-state index in [9.17, 15) is 4.79 Å². The molecule has 0 aliphatic carbocycles. The van der Waals surface area contributed by atoms with E-state index in [1.807, 2.05) is 31.2 Å². The number of carbonyl (C=O) groups is 1. The molecule has 2 aliphatic rings. The first kappa shape index (κ1) is 25.5. The molecule has 2 heterocycles. The third kappa shape index (κ3) is 5.46. The summed E-state index contributed by atoms with van der Waals surface area (Å²) in [5, 5.41) is 15.5. The van der Waals surface area contributed by atoms with Crippen LogP contribution >= 0.6 is 11.8 Å². The van der Waals surface area contributed by atoms with Crippen molar-refractivity contribution in [1.82, 2.24) is 5.01 Å². The third-order valence-electron chi connectivity index (χ3n) is 5.96. The van der Waals surface area contributed by atoms with Gasteiger partial charge in [0, 0.05) is 0 Å². The molecule has 2 aromatic carbocycles. The molecule has 8 nitrogen and oxygen atoms in total. The second-order valence-electron chi connectivity index (χ2n) is 8.32. The van der Waals surface area contributed by atoms with Gasteiger partial charge in [-0.15, -0.1) is 0 Å². The molecule has 0 radical (unpaired) electrons. The molecular weight excluding hydrogens is 476 g/mol. The molecule has 1 atom stereocenters. The number of para-hydroxylation sites is 1. The number of nitrogens with one attached hydrogen (secondary N) is 1. The smallest absolute Gasteiger partial charge is 0.283 e. The largest absolute Gasteiger partial charge is 0.493 e. The fraction of sp³-hybridized carbons (Fsp3) is 0.333. The summed E-state index contributed by atoms with van der Waals surface area (Å²) in [5.74, 6) is 1.93. The van der Waals surface area contributed by atoms with Crippen LogP contribution in [-0.4, -0.2) is 47.3 Å². The predicted octanol–water partition coefficient (Wildman–Crippen LogP) is 5.70. The quantitative estimate of drug-likeness (QED) is 0.328. The number of rotatable bonds is 10. The number of hydrazone groups is 1.